The molecule has 0 amide bonds. The van der Waals surface area contributed by atoms with Crippen LogP contribution in [-0.4, -0.2) is 14.5 Å². The SMILES string of the molecule is CC(C)c1cc(-c2ccccc2)cc(C(C)C)c1-n1c(-c2[c-]cc3c(ccc4ccccc43)c2)nc2ccccc21.Cc1c[c-]c(-c2ccccn2)cc1-c1ccccc1.[Ir]. The summed E-state index contributed by atoms with van der Waals surface area (Å²) < 4.78 is 2.40. The number of rotatable bonds is 7. The van der Waals surface area contributed by atoms with Gasteiger partial charge in [0, 0.05) is 32.0 Å². The Labute approximate surface area is 373 Å². The van der Waals surface area contributed by atoms with E-state index >= 15 is 0 Å². The van der Waals surface area contributed by atoms with Crippen LogP contribution >= 0.6 is 0 Å². The van der Waals surface area contributed by atoms with Crippen molar-refractivity contribution in [2.75, 3.05) is 0 Å². The molecule has 2 heterocycles. The Morgan fingerprint density at radius 3 is 1.85 bits per heavy atom. The van der Waals surface area contributed by atoms with Gasteiger partial charge in [-0.05, 0) is 81.1 Å². The van der Waals surface area contributed by atoms with Crippen molar-refractivity contribution in [3.63, 3.8) is 0 Å². The van der Waals surface area contributed by atoms with Gasteiger partial charge in [0.1, 0.15) is 0 Å². The van der Waals surface area contributed by atoms with Crippen LogP contribution < -0.4 is 0 Å². The number of hydrogen-bond donors (Lipinski definition) is 0. The van der Waals surface area contributed by atoms with E-state index in [4.69, 9.17) is 4.98 Å². The van der Waals surface area contributed by atoms with Crippen LogP contribution in [0.3, 0.4) is 0 Å². The van der Waals surface area contributed by atoms with Crippen LogP contribution in [0.2, 0.25) is 0 Å². The van der Waals surface area contributed by atoms with Crippen molar-refractivity contribution in [3.8, 4) is 50.6 Å². The van der Waals surface area contributed by atoms with Crippen molar-refractivity contribution in [1.82, 2.24) is 14.5 Å². The predicted octanol–water partition coefficient (Wildman–Crippen LogP) is 15.2. The number of fused-ring (bicyclic) bond motifs is 4. The minimum absolute atomic E-state index is 0. The average molecular weight is 966 g/mol. The molecule has 0 spiro atoms. The van der Waals surface area contributed by atoms with Gasteiger partial charge in [-0.25, -0.2) is 0 Å². The van der Waals surface area contributed by atoms with Crippen LogP contribution in [0.1, 0.15) is 56.2 Å². The molecule has 10 rings (SSSR count). The maximum atomic E-state index is 5.24. The number of pyridine rings is 1. The van der Waals surface area contributed by atoms with Gasteiger partial charge < -0.3 is 9.55 Å². The van der Waals surface area contributed by atoms with Crippen LogP contribution in [0, 0.1) is 19.1 Å². The number of benzene rings is 8. The van der Waals surface area contributed by atoms with Gasteiger partial charge in [-0.2, -0.15) is 0 Å². The molecule has 0 unspecified atom stereocenters. The summed E-state index contributed by atoms with van der Waals surface area (Å²) in [5.74, 6) is 1.58. The molecule has 0 aliphatic carbocycles. The fourth-order valence-corrected chi connectivity index (χ4v) is 8.29. The molecular weight excluding hydrogens is 919 g/mol. The molecule has 0 aliphatic heterocycles. The van der Waals surface area contributed by atoms with Gasteiger partial charge in [0.05, 0.1) is 16.9 Å². The van der Waals surface area contributed by atoms with Gasteiger partial charge in [0.2, 0.25) is 0 Å². The molecule has 0 N–H and O–H groups in total. The minimum Gasteiger partial charge on any atom is -0.333 e. The Hall–Kier alpha value is -6.45. The summed E-state index contributed by atoms with van der Waals surface area (Å²) >= 11 is 0. The normalized spacial score (nSPS) is 11.2. The number of aryl methyl sites for hydroxylation is 1. The van der Waals surface area contributed by atoms with Crippen molar-refractivity contribution in [1.29, 1.82) is 0 Å². The summed E-state index contributed by atoms with van der Waals surface area (Å²) in [6.45, 7) is 11.3. The minimum atomic E-state index is 0. The fourth-order valence-electron chi connectivity index (χ4n) is 8.29. The molecule has 10 aromatic rings. The van der Waals surface area contributed by atoms with Gasteiger partial charge in [-0.3, -0.25) is 4.98 Å². The van der Waals surface area contributed by atoms with Crippen LogP contribution in [0.25, 0.3) is 83.2 Å². The quantitative estimate of drug-likeness (QED) is 0.118. The summed E-state index contributed by atoms with van der Waals surface area (Å²) in [4.78, 5) is 9.62. The summed E-state index contributed by atoms with van der Waals surface area (Å²) in [5, 5.41) is 4.91. The van der Waals surface area contributed by atoms with Crippen LogP contribution in [0.15, 0.2) is 182 Å². The van der Waals surface area contributed by atoms with Crippen molar-refractivity contribution >= 4 is 32.6 Å². The monoisotopic (exact) mass is 966 g/mol. The Kier molecular flexibility index (Phi) is 12.2. The van der Waals surface area contributed by atoms with E-state index in [2.05, 4.69) is 202 Å². The zero-order valence-electron chi connectivity index (χ0n) is 35.2. The van der Waals surface area contributed by atoms with Crippen LogP contribution in [-0.2, 0) is 20.1 Å². The zero-order chi connectivity index (χ0) is 41.2. The van der Waals surface area contributed by atoms with E-state index < -0.39 is 0 Å². The third-order valence-electron chi connectivity index (χ3n) is 11.4. The molecule has 0 bridgehead atoms. The molecule has 301 valence electrons. The van der Waals surface area contributed by atoms with Crippen molar-refractivity contribution in [2.24, 2.45) is 0 Å². The first-order chi connectivity index (χ1) is 29.3. The molecule has 0 saturated carbocycles. The second-order valence-electron chi connectivity index (χ2n) is 16.1. The first-order valence-corrected chi connectivity index (χ1v) is 20.9. The Bertz CT molecular complexity index is 3070. The van der Waals surface area contributed by atoms with E-state index in [1.807, 2.05) is 36.5 Å². The van der Waals surface area contributed by atoms with Crippen molar-refractivity contribution < 1.29 is 20.1 Å². The number of para-hydroxylation sites is 2. The molecule has 0 saturated heterocycles. The van der Waals surface area contributed by atoms with Crippen LogP contribution in [0.5, 0.6) is 0 Å². The smallest absolute Gasteiger partial charge is 0.0774 e. The van der Waals surface area contributed by atoms with Gasteiger partial charge in [-0.1, -0.05) is 172 Å². The Morgan fingerprint density at radius 1 is 0.525 bits per heavy atom. The van der Waals surface area contributed by atoms with Gasteiger partial charge in [0.15, 0.2) is 0 Å². The molecule has 1 radical (unpaired) electrons. The van der Waals surface area contributed by atoms with Crippen molar-refractivity contribution in [2.45, 2.75) is 46.5 Å². The topological polar surface area (TPSA) is 30.7 Å². The second-order valence-corrected chi connectivity index (χ2v) is 16.1. The summed E-state index contributed by atoms with van der Waals surface area (Å²) in [7, 11) is 0. The largest absolute Gasteiger partial charge is 0.333 e. The summed E-state index contributed by atoms with van der Waals surface area (Å²) in [6.07, 6.45) is 1.81. The molecule has 4 heteroatoms. The predicted molar refractivity (Wildman–Crippen MR) is 253 cm³/mol. The molecule has 0 atom stereocenters. The van der Waals surface area contributed by atoms with E-state index in [0.29, 0.717) is 11.8 Å². The molecule has 2 aromatic heterocycles. The van der Waals surface area contributed by atoms with E-state index in [9.17, 15) is 0 Å². The summed E-state index contributed by atoms with van der Waals surface area (Å²) in [5.41, 5.74) is 15.2. The average Bonchev–Trinajstić information content (AvgIpc) is 3.69. The third-order valence-corrected chi connectivity index (χ3v) is 11.4. The van der Waals surface area contributed by atoms with Gasteiger partial charge in [-0.15, -0.1) is 58.5 Å². The Morgan fingerprint density at radius 2 is 1.15 bits per heavy atom. The first-order valence-electron chi connectivity index (χ1n) is 20.9. The molecule has 3 nitrogen and oxygen atoms in total. The van der Waals surface area contributed by atoms with Crippen molar-refractivity contribution in [3.05, 3.63) is 211 Å². The number of imidazole rings is 1. The van der Waals surface area contributed by atoms with Gasteiger partial charge >= 0.3 is 0 Å². The number of aromatic nitrogens is 3. The third kappa shape index (κ3) is 8.35. The van der Waals surface area contributed by atoms with E-state index in [1.165, 1.54) is 66.2 Å². The Balaban J connectivity index is 0.000000215. The van der Waals surface area contributed by atoms with E-state index in [1.54, 1.807) is 0 Å². The second kappa shape index (κ2) is 18.0. The zero-order valence-corrected chi connectivity index (χ0v) is 37.5. The maximum Gasteiger partial charge on any atom is 0.0774 e. The molecule has 8 aromatic carbocycles. The summed E-state index contributed by atoms with van der Waals surface area (Å²) in [6, 6.07) is 68.9. The number of hydrogen-bond acceptors (Lipinski definition) is 2. The van der Waals surface area contributed by atoms with E-state index in [0.717, 1.165) is 33.7 Å². The first kappa shape index (κ1) is 41.3. The maximum absolute atomic E-state index is 5.24. The van der Waals surface area contributed by atoms with Crippen LogP contribution in [0.4, 0.5) is 0 Å². The number of nitrogens with zero attached hydrogens (tertiary/aromatic N) is 3. The van der Waals surface area contributed by atoms with Gasteiger partial charge in [0.25, 0.3) is 0 Å². The fraction of sp³-hybridized carbons (Fsp3) is 0.123. The molecule has 61 heavy (non-hydrogen) atoms. The molecular formula is C57H47IrN3-2. The standard InChI is InChI=1S/C39H33N2.C18H14N.Ir/c1-25(2)34-23-31(27-12-6-5-7-13-27)24-35(26(3)4)38(34)41-37-17-11-10-16-36(37)40-39(41)30-20-21-33-29(22-30)19-18-28-14-8-9-15-32(28)33;1-14-10-11-16(18-9-5-6-12-19-18)13-17(14)15-7-3-2-4-8-15;/h5-19,21-26H,1-4H3;2-10,12-13H,1H3;/q2*-1;. The molecule has 0 aliphatic rings. The van der Waals surface area contributed by atoms with E-state index in [-0.39, 0.29) is 20.1 Å². The molecule has 0 fully saturated rings.